The third-order valence-corrected chi connectivity index (χ3v) is 4.98. The van der Waals surface area contributed by atoms with Crippen LogP contribution in [0.2, 0.25) is 0 Å². The number of anilines is 1. The predicted octanol–water partition coefficient (Wildman–Crippen LogP) is 4.40. The van der Waals surface area contributed by atoms with Crippen LogP contribution >= 0.6 is 27.7 Å². The minimum atomic E-state index is -0.951. The number of nitrogens with one attached hydrogen (secondary N) is 1. The lowest BCUT2D eigenvalue weighted by atomic mass is 10.2. The Balaban J connectivity index is 1.69. The molecule has 2 aromatic rings. The molecule has 1 aliphatic rings. The van der Waals surface area contributed by atoms with Crippen molar-refractivity contribution < 1.29 is 23.2 Å². The van der Waals surface area contributed by atoms with E-state index in [1.807, 2.05) is 0 Å². The predicted molar refractivity (Wildman–Crippen MR) is 102 cm³/mol. The number of rotatable bonds is 4. The number of amides is 3. The Morgan fingerprint density at radius 3 is 2.52 bits per heavy atom. The summed E-state index contributed by atoms with van der Waals surface area (Å²) < 4.78 is 27.4. The minimum Gasteiger partial charge on any atom is -0.322 e. The number of carbonyl (C=O) groups excluding carboxylic acids is 3. The number of nitrogens with zero attached hydrogens (tertiary/aromatic N) is 1. The van der Waals surface area contributed by atoms with Gasteiger partial charge in [-0.2, -0.15) is 0 Å². The quantitative estimate of drug-likeness (QED) is 0.698. The molecular formula is C18H11BrF2N2O3S. The van der Waals surface area contributed by atoms with E-state index in [1.54, 1.807) is 30.3 Å². The fourth-order valence-corrected chi connectivity index (χ4v) is 3.37. The molecule has 3 rings (SSSR count). The molecule has 1 saturated heterocycles. The maximum Gasteiger partial charge on any atom is 0.294 e. The second-order valence-electron chi connectivity index (χ2n) is 5.49. The van der Waals surface area contributed by atoms with Gasteiger partial charge in [0, 0.05) is 10.5 Å². The molecule has 0 aromatic heterocycles. The van der Waals surface area contributed by atoms with Gasteiger partial charge in [-0.25, -0.2) is 8.78 Å². The molecule has 1 N–H and O–H groups in total. The second-order valence-corrected chi connectivity index (χ2v) is 7.40. The van der Waals surface area contributed by atoms with E-state index in [4.69, 9.17) is 0 Å². The summed E-state index contributed by atoms with van der Waals surface area (Å²) in [4.78, 5) is 37.4. The number of hydrogen-bond donors (Lipinski definition) is 1. The summed E-state index contributed by atoms with van der Waals surface area (Å²) in [5, 5.41) is 1.62. The SMILES string of the molecule is O=C(CN1C(=O)S/C(=C/c2ccc(Br)cc2)C1=O)Nc1ccc(F)cc1F. The van der Waals surface area contributed by atoms with E-state index in [9.17, 15) is 23.2 Å². The molecule has 2 aromatic carbocycles. The topological polar surface area (TPSA) is 66.5 Å². The Hall–Kier alpha value is -2.52. The lowest BCUT2D eigenvalue weighted by Crippen LogP contribution is -2.36. The third-order valence-electron chi connectivity index (χ3n) is 3.55. The minimum absolute atomic E-state index is 0.183. The van der Waals surface area contributed by atoms with Gasteiger partial charge in [-0.3, -0.25) is 19.3 Å². The Morgan fingerprint density at radius 2 is 1.85 bits per heavy atom. The first-order chi connectivity index (χ1) is 12.8. The van der Waals surface area contributed by atoms with E-state index in [1.165, 1.54) is 0 Å². The molecule has 1 heterocycles. The van der Waals surface area contributed by atoms with Crippen LogP contribution < -0.4 is 5.32 Å². The van der Waals surface area contributed by atoms with Crippen LogP contribution in [0.15, 0.2) is 51.8 Å². The number of halogens is 3. The van der Waals surface area contributed by atoms with Crippen LogP contribution in [0, 0.1) is 11.6 Å². The van der Waals surface area contributed by atoms with Crippen LogP contribution in [0.5, 0.6) is 0 Å². The van der Waals surface area contributed by atoms with Crippen molar-refractivity contribution in [2.75, 3.05) is 11.9 Å². The molecule has 0 atom stereocenters. The highest BCUT2D eigenvalue weighted by atomic mass is 79.9. The number of benzene rings is 2. The van der Waals surface area contributed by atoms with Gasteiger partial charge < -0.3 is 5.32 Å². The molecule has 0 unspecified atom stereocenters. The van der Waals surface area contributed by atoms with Gasteiger partial charge in [0.2, 0.25) is 5.91 Å². The molecule has 1 fully saturated rings. The maximum atomic E-state index is 13.6. The van der Waals surface area contributed by atoms with Crippen molar-refractivity contribution in [3.05, 3.63) is 69.0 Å². The van der Waals surface area contributed by atoms with Gasteiger partial charge in [-0.05, 0) is 47.7 Å². The lowest BCUT2D eigenvalue weighted by molar-refractivity contribution is -0.127. The van der Waals surface area contributed by atoms with Gasteiger partial charge in [0.25, 0.3) is 11.1 Å². The smallest absolute Gasteiger partial charge is 0.294 e. The fraction of sp³-hybridized carbons (Fsp3) is 0.0556. The molecule has 9 heteroatoms. The normalized spacial score (nSPS) is 15.5. The maximum absolute atomic E-state index is 13.6. The summed E-state index contributed by atoms with van der Waals surface area (Å²) in [6.07, 6.45) is 1.55. The van der Waals surface area contributed by atoms with Crippen molar-refractivity contribution in [3.8, 4) is 0 Å². The van der Waals surface area contributed by atoms with Crippen molar-refractivity contribution in [2.24, 2.45) is 0 Å². The highest BCUT2D eigenvalue weighted by Gasteiger charge is 2.36. The largest absolute Gasteiger partial charge is 0.322 e. The summed E-state index contributed by atoms with van der Waals surface area (Å²) >= 11 is 4.02. The molecule has 0 bridgehead atoms. The van der Waals surface area contributed by atoms with Crippen molar-refractivity contribution in [2.45, 2.75) is 0 Å². The van der Waals surface area contributed by atoms with E-state index in [0.29, 0.717) is 6.07 Å². The summed E-state index contributed by atoms with van der Waals surface area (Å²) in [6.45, 7) is -0.570. The number of carbonyl (C=O) groups is 3. The average Bonchev–Trinajstić information content (AvgIpc) is 2.87. The summed E-state index contributed by atoms with van der Waals surface area (Å²) in [5.41, 5.74) is 0.486. The van der Waals surface area contributed by atoms with E-state index >= 15 is 0 Å². The number of hydrogen-bond acceptors (Lipinski definition) is 4. The van der Waals surface area contributed by atoms with Crippen molar-refractivity contribution in [3.63, 3.8) is 0 Å². The Labute approximate surface area is 165 Å². The first-order valence-electron chi connectivity index (χ1n) is 7.59. The van der Waals surface area contributed by atoms with Gasteiger partial charge in [0.1, 0.15) is 18.2 Å². The molecule has 0 saturated carbocycles. The van der Waals surface area contributed by atoms with E-state index in [-0.39, 0.29) is 10.6 Å². The second kappa shape index (κ2) is 8.01. The summed E-state index contributed by atoms with van der Waals surface area (Å²) in [7, 11) is 0. The molecular weight excluding hydrogens is 442 g/mol. The van der Waals surface area contributed by atoms with Crippen molar-refractivity contribution >= 4 is 56.5 Å². The van der Waals surface area contributed by atoms with Crippen LogP contribution in [0.3, 0.4) is 0 Å². The van der Waals surface area contributed by atoms with Crippen LogP contribution in [-0.4, -0.2) is 28.5 Å². The van der Waals surface area contributed by atoms with Crippen LogP contribution in [0.4, 0.5) is 19.3 Å². The van der Waals surface area contributed by atoms with E-state index in [2.05, 4.69) is 21.2 Å². The molecule has 27 heavy (non-hydrogen) atoms. The third kappa shape index (κ3) is 4.61. The van der Waals surface area contributed by atoms with Gasteiger partial charge in [0.15, 0.2) is 0 Å². The summed E-state index contributed by atoms with van der Waals surface area (Å²) in [6, 6.07) is 9.78. The monoisotopic (exact) mass is 452 g/mol. The zero-order valence-electron chi connectivity index (χ0n) is 13.5. The van der Waals surface area contributed by atoms with Gasteiger partial charge in [-0.15, -0.1) is 0 Å². The fourth-order valence-electron chi connectivity index (χ4n) is 2.27. The molecule has 0 radical (unpaired) electrons. The Morgan fingerprint density at radius 1 is 1.15 bits per heavy atom. The van der Waals surface area contributed by atoms with Gasteiger partial charge in [0.05, 0.1) is 10.6 Å². The summed E-state index contributed by atoms with van der Waals surface area (Å²) in [5.74, 6) is -3.11. The molecule has 1 aliphatic heterocycles. The van der Waals surface area contributed by atoms with Crippen LogP contribution in [0.25, 0.3) is 6.08 Å². The lowest BCUT2D eigenvalue weighted by Gasteiger charge is -2.12. The molecule has 0 aliphatic carbocycles. The molecule has 138 valence electrons. The molecule has 0 spiro atoms. The van der Waals surface area contributed by atoms with Gasteiger partial charge in [-0.1, -0.05) is 28.1 Å². The highest BCUT2D eigenvalue weighted by molar-refractivity contribution is 9.10. The standard InChI is InChI=1S/C18H11BrF2N2O3S/c19-11-3-1-10(2-4-11)7-15-17(25)23(18(26)27-15)9-16(24)22-14-6-5-12(20)8-13(14)21/h1-8H,9H2,(H,22,24)/b15-7+. The Bertz CT molecular complexity index is 964. The first-order valence-corrected chi connectivity index (χ1v) is 9.20. The van der Waals surface area contributed by atoms with Crippen LogP contribution in [0.1, 0.15) is 5.56 Å². The molecule has 3 amide bonds. The zero-order chi connectivity index (χ0) is 19.6. The number of thioether (sulfide) groups is 1. The van der Waals surface area contributed by atoms with E-state index in [0.717, 1.165) is 38.8 Å². The highest BCUT2D eigenvalue weighted by Crippen LogP contribution is 2.32. The zero-order valence-corrected chi connectivity index (χ0v) is 15.9. The molecule has 5 nitrogen and oxygen atoms in total. The first kappa shape index (κ1) is 19.2. The van der Waals surface area contributed by atoms with Crippen molar-refractivity contribution in [1.82, 2.24) is 4.90 Å². The average molecular weight is 453 g/mol. The van der Waals surface area contributed by atoms with Crippen molar-refractivity contribution in [1.29, 1.82) is 0 Å². The van der Waals surface area contributed by atoms with Gasteiger partial charge >= 0.3 is 0 Å². The van der Waals surface area contributed by atoms with Crippen LogP contribution in [-0.2, 0) is 9.59 Å². The van der Waals surface area contributed by atoms with E-state index < -0.39 is 35.2 Å². The number of imide groups is 1. The Kier molecular flexibility index (Phi) is 5.71.